The van der Waals surface area contributed by atoms with E-state index in [-0.39, 0.29) is 0 Å². The van der Waals surface area contributed by atoms with Crippen molar-refractivity contribution in [2.45, 2.75) is 31.9 Å². The maximum atomic E-state index is 5.18. The average molecular weight is 129 g/mol. The number of hydrogen-bond acceptors (Lipinski definition) is 2. The van der Waals surface area contributed by atoms with Gasteiger partial charge < -0.3 is 10.1 Å². The maximum Gasteiger partial charge on any atom is 0.0696 e. The van der Waals surface area contributed by atoms with Gasteiger partial charge in [0.1, 0.15) is 0 Å². The normalized spacial score (nSPS) is 36.7. The van der Waals surface area contributed by atoms with E-state index in [1.54, 1.807) is 7.11 Å². The zero-order valence-electron chi connectivity index (χ0n) is 6.18. The second-order valence-electron chi connectivity index (χ2n) is 2.74. The molecular weight excluding hydrogens is 114 g/mol. The van der Waals surface area contributed by atoms with Crippen LogP contribution in [0.5, 0.6) is 0 Å². The molecule has 0 aromatic carbocycles. The van der Waals surface area contributed by atoms with Gasteiger partial charge in [-0.15, -0.1) is 0 Å². The molecular formula is C7H15NO. The molecule has 2 nitrogen and oxygen atoms in total. The van der Waals surface area contributed by atoms with Crippen LogP contribution in [0.15, 0.2) is 0 Å². The Labute approximate surface area is 56.6 Å². The summed E-state index contributed by atoms with van der Waals surface area (Å²) < 4.78 is 5.18. The number of methoxy groups -OCH3 is 1. The number of piperidine rings is 1. The van der Waals surface area contributed by atoms with E-state index in [0.29, 0.717) is 12.1 Å². The Morgan fingerprint density at radius 2 is 2.22 bits per heavy atom. The van der Waals surface area contributed by atoms with Crippen molar-refractivity contribution in [1.29, 1.82) is 0 Å². The molecule has 1 aliphatic heterocycles. The molecule has 1 saturated heterocycles. The van der Waals surface area contributed by atoms with E-state index in [1.807, 2.05) is 0 Å². The highest BCUT2D eigenvalue weighted by Gasteiger charge is 2.15. The Morgan fingerprint density at radius 3 is 2.67 bits per heavy atom. The van der Waals surface area contributed by atoms with E-state index < -0.39 is 0 Å². The van der Waals surface area contributed by atoms with E-state index in [2.05, 4.69) is 12.2 Å². The summed E-state index contributed by atoms with van der Waals surface area (Å²) in [6.45, 7) is 3.24. The first-order chi connectivity index (χ1) is 4.33. The van der Waals surface area contributed by atoms with Crippen LogP contribution in [0, 0.1) is 0 Å². The van der Waals surface area contributed by atoms with Crippen LogP contribution in [0.4, 0.5) is 0 Å². The third-order valence-electron chi connectivity index (χ3n) is 1.95. The lowest BCUT2D eigenvalue weighted by Gasteiger charge is -2.26. The molecule has 0 radical (unpaired) electrons. The van der Waals surface area contributed by atoms with Gasteiger partial charge in [0.2, 0.25) is 0 Å². The fourth-order valence-corrected chi connectivity index (χ4v) is 1.17. The van der Waals surface area contributed by atoms with Crippen molar-refractivity contribution in [1.82, 2.24) is 5.32 Å². The zero-order valence-corrected chi connectivity index (χ0v) is 6.18. The molecule has 0 bridgehead atoms. The molecule has 1 rings (SSSR count). The first-order valence-electron chi connectivity index (χ1n) is 3.59. The fourth-order valence-electron chi connectivity index (χ4n) is 1.17. The lowest BCUT2D eigenvalue weighted by atomic mass is 10.0. The lowest BCUT2D eigenvalue weighted by molar-refractivity contribution is 0.0724. The first-order valence-corrected chi connectivity index (χ1v) is 3.59. The summed E-state index contributed by atoms with van der Waals surface area (Å²) in [5.74, 6) is 0. The third kappa shape index (κ3) is 1.95. The minimum Gasteiger partial charge on any atom is -0.380 e. The van der Waals surface area contributed by atoms with Crippen molar-refractivity contribution in [2.75, 3.05) is 13.7 Å². The van der Waals surface area contributed by atoms with Crippen molar-refractivity contribution in [3.63, 3.8) is 0 Å². The molecule has 1 unspecified atom stereocenters. The minimum atomic E-state index is 0.459. The standard InChI is InChI=1S/C7H15NO/c1-6-3-4-7(9-2)5-8-6/h6-8H,3-5H2,1-2H3/t6-,7?/m1/s1. The Kier molecular flexibility index (Phi) is 2.49. The molecule has 1 aliphatic rings. The summed E-state index contributed by atoms with van der Waals surface area (Å²) in [6, 6.07) is 0.691. The zero-order chi connectivity index (χ0) is 6.69. The molecule has 9 heavy (non-hydrogen) atoms. The number of rotatable bonds is 1. The predicted octanol–water partition coefficient (Wildman–Crippen LogP) is 0.773. The number of hydrogen-bond donors (Lipinski definition) is 1. The van der Waals surface area contributed by atoms with Gasteiger partial charge in [-0.1, -0.05) is 0 Å². The van der Waals surface area contributed by atoms with E-state index in [0.717, 1.165) is 6.54 Å². The van der Waals surface area contributed by atoms with Crippen LogP contribution in [0.2, 0.25) is 0 Å². The maximum absolute atomic E-state index is 5.18. The molecule has 0 aromatic rings. The van der Waals surface area contributed by atoms with Gasteiger partial charge in [0, 0.05) is 19.7 Å². The lowest BCUT2D eigenvalue weighted by Crippen LogP contribution is -2.40. The monoisotopic (exact) mass is 129 g/mol. The molecule has 1 heterocycles. The Hall–Kier alpha value is -0.0800. The van der Waals surface area contributed by atoms with Crippen molar-refractivity contribution < 1.29 is 4.74 Å². The van der Waals surface area contributed by atoms with Crippen LogP contribution >= 0.6 is 0 Å². The van der Waals surface area contributed by atoms with Gasteiger partial charge in [-0.05, 0) is 19.8 Å². The van der Waals surface area contributed by atoms with Gasteiger partial charge in [-0.3, -0.25) is 0 Å². The van der Waals surface area contributed by atoms with E-state index in [4.69, 9.17) is 4.74 Å². The SMILES string of the molecule is COC1CC[C@@H](C)NC1. The quantitative estimate of drug-likeness (QED) is 0.564. The van der Waals surface area contributed by atoms with Crippen LogP contribution in [-0.4, -0.2) is 25.8 Å². The van der Waals surface area contributed by atoms with Crippen molar-refractivity contribution in [3.05, 3.63) is 0 Å². The van der Waals surface area contributed by atoms with Crippen LogP contribution in [0.25, 0.3) is 0 Å². The van der Waals surface area contributed by atoms with E-state index >= 15 is 0 Å². The van der Waals surface area contributed by atoms with Gasteiger partial charge in [-0.2, -0.15) is 0 Å². The molecule has 0 aliphatic carbocycles. The van der Waals surface area contributed by atoms with Crippen LogP contribution in [0.3, 0.4) is 0 Å². The summed E-state index contributed by atoms with van der Waals surface area (Å²) >= 11 is 0. The van der Waals surface area contributed by atoms with Gasteiger partial charge in [0.05, 0.1) is 6.10 Å². The molecule has 0 spiro atoms. The summed E-state index contributed by atoms with van der Waals surface area (Å²) in [5, 5.41) is 3.36. The molecule has 0 aromatic heterocycles. The summed E-state index contributed by atoms with van der Waals surface area (Å²) in [6.07, 6.45) is 2.92. The number of nitrogens with one attached hydrogen (secondary N) is 1. The number of ether oxygens (including phenoxy) is 1. The summed E-state index contributed by atoms with van der Waals surface area (Å²) in [5.41, 5.74) is 0. The molecule has 54 valence electrons. The van der Waals surface area contributed by atoms with Gasteiger partial charge >= 0.3 is 0 Å². The molecule has 0 amide bonds. The molecule has 2 heteroatoms. The molecule has 1 fully saturated rings. The second kappa shape index (κ2) is 3.18. The highest BCUT2D eigenvalue weighted by Crippen LogP contribution is 2.08. The van der Waals surface area contributed by atoms with Crippen molar-refractivity contribution >= 4 is 0 Å². The highest BCUT2D eigenvalue weighted by molar-refractivity contribution is 4.74. The van der Waals surface area contributed by atoms with Gasteiger partial charge in [0.15, 0.2) is 0 Å². The van der Waals surface area contributed by atoms with E-state index in [1.165, 1.54) is 12.8 Å². The fraction of sp³-hybridized carbons (Fsp3) is 1.00. The second-order valence-corrected chi connectivity index (χ2v) is 2.74. The molecule has 1 N–H and O–H groups in total. The van der Waals surface area contributed by atoms with Crippen molar-refractivity contribution in [3.8, 4) is 0 Å². The van der Waals surface area contributed by atoms with E-state index in [9.17, 15) is 0 Å². The summed E-state index contributed by atoms with van der Waals surface area (Å²) in [7, 11) is 1.78. The van der Waals surface area contributed by atoms with Gasteiger partial charge in [-0.25, -0.2) is 0 Å². The largest absolute Gasteiger partial charge is 0.380 e. The third-order valence-corrected chi connectivity index (χ3v) is 1.95. The Bertz CT molecular complexity index is 77.0. The van der Waals surface area contributed by atoms with Crippen LogP contribution in [0.1, 0.15) is 19.8 Å². The Morgan fingerprint density at radius 1 is 1.44 bits per heavy atom. The topological polar surface area (TPSA) is 21.3 Å². The highest BCUT2D eigenvalue weighted by atomic mass is 16.5. The molecule has 2 atom stereocenters. The Balaban J connectivity index is 2.18. The smallest absolute Gasteiger partial charge is 0.0696 e. The first kappa shape index (κ1) is 7.03. The minimum absolute atomic E-state index is 0.459. The van der Waals surface area contributed by atoms with Crippen LogP contribution in [-0.2, 0) is 4.74 Å². The predicted molar refractivity (Wildman–Crippen MR) is 37.5 cm³/mol. The summed E-state index contributed by atoms with van der Waals surface area (Å²) in [4.78, 5) is 0. The van der Waals surface area contributed by atoms with Crippen molar-refractivity contribution in [2.24, 2.45) is 0 Å². The average Bonchev–Trinajstić information content (AvgIpc) is 1.90. The molecule has 0 saturated carbocycles. The van der Waals surface area contributed by atoms with Crippen LogP contribution < -0.4 is 5.32 Å². The van der Waals surface area contributed by atoms with Gasteiger partial charge in [0.25, 0.3) is 0 Å².